The van der Waals surface area contributed by atoms with Crippen molar-refractivity contribution in [2.24, 2.45) is 21.8 Å². The Morgan fingerprint density at radius 2 is 2.04 bits per heavy atom. The van der Waals surface area contributed by atoms with E-state index < -0.39 is 4.92 Å². The number of thioether (sulfide) groups is 1. The molecule has 1 aromatic carbocycles. The third kappa shape index (κ3) is 3.17. The van der Waals surface area contributed by atoms with Gasteiger partial charge in [-0.1, -0.05) is 20.8 Å². The molecule has 2 aliphatic carbocycles. The largest absolute Gasteiger partial charge is 0.272 e. The number of nitrogens with zero attached hydrogens (tertiary/aromatic N) is 2. The summed E-state index contributed by atoms with van der Waals surface area (Å²) in [5.74, 6) is 0.737. The molecule has 1 aromatic rings. The van der Waals surface area contributed by atoms with Crippen LogP contribution in [0.3, 0.4) is 0 Å². The normalized spacial score (nSPS) is 28.3. The Morgan fingerprint density at radius 1 is 1.36 bits per heavy atom. The van der Waals surface area contributed by atoms with Crippen molar-refractivity contribution in [3.8, 4) is 0 Å². The maximum atomic E-state index is 12.1. The highest BCUT2D eigenvalue weighted by Gasteiger charge is 2.59. The Labute approximate surface area is 151 Å². The van der Waals surface area contributed by atoms with E-state index in [1.54, 1.807) is 12.1 Å². The Balaban J connectivity index is 1.54. The fourth-order valence-corrected chi connectivity index (χ4v) is 4.76. The number of hydrogen-bond acceptors (Lipinski definition) is 5. The Kier molecular flexibility index (Phi) is 4.62. The highest BCUT2D eigenvalue weighted by Crippen LogP contribution is 2.63. The third-order valence-corrected chi connectivity index (χ3v) is 7.26. The van der Waals surface area contributed by atoms with Crippen molar-refractivity contribution in [2.75, 3.05) is 5.75 Å². The predicted molar refractivity (Wildman–Crippen MR) is 98.6 cm³/mol. The summed E-state index contributed by atoms with van der Waals surface area (Å²) < 4.78 is 0. The molecule has 2 atom stereocenters. The van der Waals surface area contributed by atoms with Crippen LogP contribution < -0.4 is 5.43 Å². The van der Waals surface area contributed by atoms with Gasteiger partial charge in [0.2, 0.25) is 5.91 Å². The maximum absolute atomic E-state index is 12.1. The summed E-state index contributed by atoms with van der Waals surface area (Å²) in [7, 11) is 0. The molecule has 2 aliphatic rings. The zero-order chi connectivity index (χ0) is 18.2. The molecule has 25 heavy (non-hydrogen) atoms. The first kappa shape index (κ1) is 17.9. The van der Waals surface area contributed by atoms with Gasteiger partial charge in [0.05, 0.1) is 10.7 Å². The third-order valence-electron chi connectivity index (χ3n) is 6.25. The van der Waals surface area contributed by atoms with Crippen molar-refractivity contribution in [1.29, 1.82) is 0 Å². The number of benzene rings is 1. The molecule has 0 saturated heterocycles. The molecule has 6 nitrogen and oxygen atoms in total. The van der Waals surface area contributed by atoms with Gasteiger partial charge in [0.1, 0.15) is 0 Å². The minimum atomic E-state index is -0.436. The molecule has 134 valence electrons. The van der Waals surface area contributed by atoms with Gasteiger partial charge in [0.15, 0.2) is 0 Å². The van der Waals surface area contributed by atoms with Gasteiger partial charge in [0.25, 0.3) is 5.69 Å². The minimum absolute atomic E-state index is 0.0485. The van der Waals surface area contributed by atoms with Crippen LogP contribution in [0.2, 0.25) is 0 Å². The van der Waals surface area contributed by atoms with Gasteiger partial charge < -0.3 is 0 Å². The van der Waals surface area contributed by atoms with Crippen LogP contribution in [0.4, 0.5) is 5.69 Å². The van der Waals surface area contributed by atoms with Gasteiger partial charge in [-0.25, -0.2) is 5.43 Å². The van der Waals surface area contributed by atoms with E-state index in [-0.39, 0.29) is 28.2 Å². The van der Waals surface area contributed by atoms with Crippen molar-refractivity contribution in [1.82, 2.24) is 5.43 Å². The molecule has 2 bridgehead atoms. The molecular weight excluding hydrogens is 338 g/mol. The van der Waals surface area contributed by atoms with Crippen LogP contribution in [0, 0.1) is 26.9 Å². The first-order valence-electron chi connectivity index (χ1n) is 8.47. The molecule has 0 heterocycles. The molecule has 0 aromatic heterocycles. The lowest BCUT2D eigenvalue weighted by atomic mass is 9.70. The molecule has 1 N–H and O–H groups in total. The van der Waals surface area contributed by atoms with Crippen LogP contribution in [0.25, 0.3) is 0 Å². The van der Waals surface area contributed by atoms with Crippen molar-refractivity contribution in [3.63, 3.8) is 0 Å². The molecule has 1 amide bonds. The monoisotopic (exact) mass is 361 g/mol. The average molecular weight is 361 g/mol. The summed E-state index contributed by atoms with van der Waals surface area (Å²) in [5, 5.41) is 15.1. The number of hydrogen-bond donors (Lipinski definition) is 1. The quantitative estimate of drug-likeness (QED) is 0.488. The zero-order valence-corrected chi connectivity index (χ0v) is 15.6. The van der Waals surface area contributed by atoms with Gasteiger partial charge in [-0.3, -0.25) is 14.9 Å². The molecule has 0 radical (unpaired) electrons. The molecule has 0 spiro atoms. The molecule has 0 unspecified atom stereocenters. The molecular formula is C18H23N3O3S. The lowest BCUT2D eigenvalue weighted by Crippen LogP contribution is -2.34. The number of hydrazone groups is 1. The topological polar surface area (TPSA) is 84.6 Å². The average Bonchev–Trinajstić information content (AvgIpc) is 2.91. The summed E-state index contributed by atoms with van der Waals surface area (Å²) in [4.78, 5) is 23.1. The van der Waals surface area contributed by atoms with E-state index in [0.717, 1.165) is 23.4 Å². The van der Waals surface area contributed by atoms with E-state index >= 15 is 0 Å². The van der Waals surface area contributed by atoms with Crippen LogP contribution in [-0.2, 0) is 4.79 Å². The number of nitro groups is 1. The van der Waals surface area contributed by atoms with Crippen LogP contribution in [-0.4, -0.2) is 22.3 Å². The van der Waals surface area contributed by atoms with Crippen LogP contribution in [0.15, 0.2) is 34.3 Å². The number of carbonyl (C=O) groups is 1. The highest BCUT2D eigenvalue weighted by molar-refractivity contribution is 8.00. The van der Waals surface area contributed by atoms with Gasteiger partial charge in [-0.2, -0.15) is 5.10 Å². The Hall–Kier alpha value is -1.89. The van der Waals surface area contributed by atoms with Crippen molar-refractivity contribution in [3.05, 3.63) is 34.4 Å². The number of non-ortho nitro benzene ring substituents is 1. The van der Waals surface area contributed by atoms with E-state index in [0.29, 0.717) is 5.92 Å². The van der Waals surface area contributed by atoms with Crippen LogP contribution >= 0.6 is 11.8 Å². The lowest BCUT2D eigenvalue weighted by Gasteiger charge is -2.34. The zero-order valence-electron chi connectivity index (χ0n) is 14.7. The summed E-state index contributed by atoms with van der Waals surface area (Å²) in [6.45, 7) is 6.87. The molecule has 7 heteroatoms. The van der Waals surface area contributed by atoms with Gasteiger partial charge in [0, 0.05) is 28.2 Å². The fourth-order valence-electron chi connectivity index (χ4n) is 4.07. The van der Waals surface area contributed by atoms with E-state index in [1.165, 1.54) is 30.3 Å². The van der Waals surface area contributed by atoms with E-state index in [1.807, 2.05) is 0 Å². The summed E-state index contributed by atoms with van der Waals surface area (Å²) in [6, 6.07) is 6.19. The van der Waals surface area contributed by atoms with E-state index in [4.69, 9.17) is 0 Å². The second kappa shape index (κ2) is 6.44. The summed E-state index contributed by atoms with van der Waals surface area (Å²) >= 11 is 1.34. The second-order valence-corrected chi connectivity index (χ2v) is 8.68. The highest BCUT2D eigenvalue weighted by atomic mass is 32.2. The van der Waals surface area contributed by atoms with Crippen LogP contribution in [0.5, 0.6) is 0 Å². The summed E-state index contributed by atoms with van der Waals surface area (Å²) in [5.41, 5.74) is 4.17. The number of carbonyl (C=O) groups excluding carboxylic acids is 1. The van der Waals surface area contributed by atoms with E-state index in [9.17, 15) is 14.9 Å². The maximum Gasteiger partial charge on any atom is 0.269 e. The van der Waals surface area contributed by atoms with Gasteiger partial charge in [-0.05, 0) is 42.7 Å². The molecule has 2 fully saturated rings. The molecule has 2 saturated carbocycles. The van der Waals surface area contributed by atoms with Gasteiger partial charge in [-0.15, -0.1) is 11.8 Å². The van der Waals surface area contributed by atoms with Crippen LogP contribution in [0.1, 0.15) is 40.0 Å². The predicted octanol–water partition coefficient (Wildman–Crippen LogP) is 4.01. The van der Waals surface area contributed by atoms with Crippen molar-refractivity contribution in [2.45, 2.75) is 44.9 Å². The lowest BCUT2D eigenvalue weighted by molar-refractivity contribution is -0.384. The Bertz CT molecular complexity index is 730. The smallest absolute Gasteiger partial charge is 0.269 e. The Morgan fingerprint density at radius 3 is 2.56 bits per heavy atom. The first-order chi connectivity index (χ1) is 11.7. The standard InChI is InChI=1S/C18H23N3O3S/c1-17(2)12-8-9-18(17,3)15(10-12)19-20-16(22)11-25-14-6-4-13(5-7-14)21(23)24/h4-7,12H,8-11H2,1-3H3,(H,20,22)/b19-15+/t12-,18+/m0/s1. The number of fused-ring (bicyclic) bond motifs is 2. The number of amides is 1. The molecule has 3 rings (SSSR count). The van der Waals surface area contributed by atoms with E-state index in [2.05, 4.69) is 31.3 Å². The second-order valence-electron chi connectivity index (χ2n) is 7.63. The number of nitrogens with one attached hydrogen (secondary N) is 1. The van der Waals surface area contributed by atoms with Crippen molar-refractivity contribution < 1.29 is 9.72 Å². The summed E-state index contributed by atoms with van der Waals surface area (Å²) in [6.07, 6.45) is 3.35. The SMILES string of the molecule is CC1(C)[C@H]2CC[C@]1(C)/C(=N/NC(=O)CSc1ccc([N+](=O)[O-])cc1)C2. The number of nitro benzene ring substituents is 1. The minimum Gasteiger partial charge on any atom is -0.272 e. The van der Waals surface area contributed by atoms with Gasteiger partial charge >= 0.3 is 0 Å². The number of rotatable bonds is 5. The fraction of sp³-hybridized carbons (Fsp3) is 0.556. The molecule has 0 aliphatic heterocycles. The first-order valence-corrected chi connectivity index (χ1v) is 9.46. The van der Waals surface area contributed by atoms with Crippen molar-refractivity contribution >= 4 is 29.1 Å².